The van der Waals surface area contributed by atoms with Crippen molar-refractivity contribution in [2.75, 3.05) is 17.2 Å². The van der Waals surface area contributed by atoms with Crippen molar-refractivity contribution >= 4 is 28.9 Å². The summed E-state index contributed by atoms with van der Waals surface area (Å²) in [7, 11) is 0. The minimum Gasteiger partial charge on any atom is -0.384 e. The van der Waals surface area contributed by atoms with Gasteiger partial charge in [0.05, 0.1) is 17.1 Å². The Balaban J connectivity index is 1.69. The fraction of sp³-hybridized carbons (Fsp3) is 0.400. The van der Waals surface area contributed by atoms with E-state index in [4.69, 9.17) is 11.6 Å². The molecule has 0 radical (unpaired) electrons. The number of halogens is 1. The summed E-state index contributed by atoms with van der Waals surface area (Å²) in [5.41, 5.74) is 2.81. The van der Waals surface area contributed by atoms with E-state index in [2.05, 4.69) is 22.8 Å². The maximum atomic E-state index is 11.3. The monoisotopic (exact) mass is 276 g/mol. The number of allylic oxidation sites excluding steroid dienone is 2. The molecule has 0 aromatic heterocycles. The minimum atomic E-state index is 0.0423. The molecule has 2 aliphatic rings. The fourth-order valence-corrected chi connectivity index (χ4v) is 2.91. The first-order valence-electron chi connectivity index (χ1n) is 6.73. The van der Waals surface area contributed by atoms with Crippen LogP contribution in [0.3, 0.4) is 0 Å². The molecule has 0 saturated carbocycles. The standard InChI is InChI=1S/C15H17ClN2O/c16-12-8-13-11(7-15(19)18-13)6-14(12)17-9-10-4-2-1-3-5-10/h1-2,6,8,10,17H,3-5,7,9H2,(H,18,19). The summed E-state index contributed by atoms with van der Waals surface area (Å²) >= 11 is 6.25. The molecule has 0 bridgehead atoms. The van der Waals surface area contributed by atoms with Crippen molar-refractivity contribution in [2.45, 2.75) is 25.7 Å². The summed E-state index contributed by atoms with van der Waals surface area (Å²) < 4.78 is 0. The number of nitrogens with one attached hydrogen (secondary N) is 2. The molecule has 1 amide bonds. The zero-order valence-corrected chi connectivity index (χ0v) is 11.5. The Labute approximate surface area is 118 Å². The summed E-state index contributed by atoms with van der Waals surface area (Å²) in [6, 6.07) is 3.83. The Morgan fingerprint density at radius 1 is 1.37 bits per heavy atom. The van der Waals surface area contributed by atoms with Crippen molar-refractivity contribution in [3.63, 3.8) is 0 Å². The van der Waals surface area contributed by atoms with Gasteiger partial charge in [-0.05, 0) is 42.9 Å². The Kier molecular flexibility index (Phi) is 3.47. The SMILES string of the molecule is O=C1Cc2cc(NCC3CC=CCC3)c(Cl)cc2N1. The second-order valence-electron chi connectivity index (χ2n) is 5.25. The number of rotatable bonds is 3. The number of carbonyl (C=O) groups is 1. The molecule has 1 aliphatic carbocycles. The van der Waals surface area contributed by atoms with Crippen LogP contribution in [0.25, 0.3) is 0 Å². The third-order valence-electron chi connectivity index (χ3n) is 3.78. The first-order chi connectivity index (χ1) is 9.22. The maximum absolute atomic E-state index is 11.3. The number of hydrogen-bond acceptors (Lipinski definition) is 2. The maximum Gasteiger partial charge on any atom is 0.228 e. The van der Waals surface area contributed by atoms with E-state index in [0.717, 1.165) is 29.9 Å². The van der Waals surface area contributed by atoms with Crippen LogP contribution in [-0.4, -0.2) is 12.5 Å². The zero-order valence-electron chi connectivity index (χ0n) is 10.7. The molecule has 19 heavy (non-hydrogen) atoms. The lowest BCUT2D eigenvalue weighted by Crippen LogP contribution is -2.15. The summed E-state index contributed by atoms with van der Waals surface area (Å²) in [5, 5.41) is 6.91. The number of benzene rings is 1. The average molecular weight is 277 g/mol. The van der Waals surface area contributed by atoms with Crippen molar-refractivity contribution < 1.29 is 4.79 Å². The van der Waals surface area contributed by atoms with Crippen molar-refractivity contribution in [1.29, 1.82) is 0 Å². The summed E-state index contributed by atoms with van der Waals surface area (Å²) in [4.78, 5) is 11.3. The van der Waals surface area contributed by atoms with Crippen molar-refractivity contribution in [2.24, 2.45) is 5.92 Å². The van der Waals surface area contributed by atoms with E-state index >= 15 is 0 Å². The van der Waals surface area contributed by atoms with Gasteiger partial charge in [0.25, 0.3) is 0 Å². The highest BCUT2D eigenvalue weighted by molar-refractivity contribution is 6.33. The van der Waals surface area contributed by atoms with E-state index in [1.165, 1.54) is 12.8 Å². The van der Waals surface area contributed by atoms with Gasteiger partial charge in [0, 0.05) is 12.2 Å². The van der Waals surface area contributed by atoms with Gasteiger partial charge in [-0.1, -0.05) is 23.8 Å². The smallest absolute Gasteiger partial charge is 0.228 e. The van der Waals surface area contributed by atoms with E-state index in [1.807, 2.05) is 12.1 Å². The summed E-state index contributed by atoms with van der Waals surface area (Å²) in [6.45, 7) is 0.935. The van der Waals surface area contributed by atoms with E-state index in [0.29, 0.717) is 17.4 Å². The molecule has 3 rings (SSSR count). The third kappa shape index (κ3) is 2.76. The number of anilines is 2. The fourth-order valence-electron chi connectivity index (χ4n) is 2.68. The highest BCUT2D eigenvalue weighted by Gasteiger charge is 2.20. The molecule has 0 spiro atoms. The molecule has 0 fully saturated rings. The molecular weight excluding hydrogens is 260 g/mol. The van der Waals surface area contributed by atoms with Gasteiger partial charge in [-0.25, -0.2) is 0 Å². The lowest BCUT2D eigenvalue weighted by molar-refractivity contribution is -0.115. The van der Waals surface area contributed by atoms with Crippen molar-refractivity contribution in [3.8, 4) is 0 Å². The molecule has 0 saturated heterocycles. The molecular formula is C15H17ClN2O. The number of fused-ring (bicyclic) bond motifs is 1. The Morgan fingerprint density at radius 3 is 3.05 bits per heavy atom. The third-order valence-corrected chi connectivity index (χ3v) is 4.09. The van der Waals surface area contributed by atoms with Crippen LogP contribution in [0, 0.1) is 5.92 Å². The molecule has 1 aromatic carbocycles. The quantitative estimate of drug-likeness (QED) is 0.828. The topological polar surface area (TPSA) is 41.1 Å². The Hall–Kier alpha value is -1.48. The second kappa shape index (κ2) is 5.25. The zero-order chi connectivity index (χ0) is 13.2. The van der Waals surface area contributed by atoms with Crippen molar-refractivity contribution in [3.05, 3.63) is 34.9 Å². The number of amides is 1. The van der Waals surface area contributed by atoms with Gasteiger partial charge in [0.1, 0.15) is 0 Å². The lowest BCUT2D eigenvalue weighted by atomic mass is 9.94. The first-order valence-corrected chi connectivity index (χ1v) is 7.11. The molecule has 1 heterocycles. The minimum absolute atomic E-state index is 0.0423. The molecule has 3 nitrogen and oxygen atoms in total. The normalized spacial score (nSPS) is 21.1. The predicted molar refractivity (Wildman–Crippen MR) is 78.8 cm³/mol. The van der Waals surface area contributed by atoms with Crippen LogP contribution in [0.5, 0.6) is 0 Å². The molecule has 1 aliphatic heterocycles. The van der Waals surface area contributed by atoms with Gasteiger partial charge in [0.2, 0.25) is 5.91 Å². The van der Waals surface area contributed by atoms with Crippen LogP contribution >= 0.6 is 11.6 Å². The largest absolute Gasteiger partial charge is 0.384 e. The Bertz CT molecular complexity index is 539. The molecule has 4 heteroatoms. The van der Waals surface area contributed by atoms with Crippen LogP contribution in [0.1, 0.15) is 24.8 Å². The number of carbonyl (C=O) groups excluding carboxylic acids is 1. The highest BCUT2D eigenvalue weighted by Crippen LogP contribution is 2.33. The summed E-state index contributed by atoms with van der Waals surface area (Å²) in [5.74, 6) is 0.717. The second-order valence-corrected chi connectivity index (χ2v) is 5.65. The van der Waals surface area contributed by atoms with E-state index < -0.39 is 0 Å². The Morgan fingerprint density at radius 2 is 2.26 bits per heavy atom. The van der Waals surface area contributed by atoms with Crippen LogP contribution in [0.4, 0.5) is 11.4 Å². The highest BCUT2D eigenvalue weighted by atomic mass is 35.5. The average Bonchev–Trinajstić information content (AvgIpc) is 2.76. The molecule has 100 valence electrons. The predicted octanol–water partition coefficient (Wildman–Crippen LogP) is 3.60. The molecule has 1 unspecified atom stereocenters. The summed E-state index contributed by atoms with van der Waals surface area (Å²) in [6.07, 6.45) is 8.48. The van der Waals surface area contributed by atoms with Crippen molar-refractivity contribution in [1.82, 2.24) is 0 Å². The molecule has 2 N–H and O–H groups in total. The lowest BCUT2D eigenvalue weighted by Gasteiger charge is -2.19. The van der Waals surface area contributed by atoms with Crippen LogP contribution in [0.2, 0.25) is 5.02 Å². The van der Waals surface area contributed by atoms with Gasteiger partial charge in [-0.2, -0.15) is 0 Å². The van der Waals surface area contributed by atoms with Gasteiger partial charge in [0.15, 0.2) is 0 Å². The van der Waals surface area contributed by atoms with Gasteiger partial charge < -0.3 is 10.6 Å². The van der Waals surface area contributed by atoms with Crippen LogP contribution < -0.4 is 10.6 Å². The van der Waals surface area contributed by atoms with E-state index in [-0.39, 0.29) is 5.91 Å². The van der Waals surface area contributed by atoms with Gasteiger partial charge in [-0.3, -0.25) is 4.79 Å². The van der Waals surface area contributed by atoms with Crippen LogP contribution in [-0.2, 0) is 11.2 Å². The molecule has 1 aromatic rings. The van der Waals surface area contributed by atoms with E-state index in [1.54, 1.807) is 0 Å². The van der Waals surface area contributed by atoms with Gasteiger partial charge in [-0.15, -0.1) is 0 Å². The van der Waals surface area contributed by atoms with E-state index in [9.17, 15) is 4.79 Å². The molecule has 1 atom stereocenters. The number of hydrogen-bond donors (Lipinski definition) is 2. The van der Waals surface area contributed by atoms with Crippen LogP contribution in [0.15, 0.2) is 24.3 Å². The van der Waals surface area contributed by atoms with Gasteiger partial charge >= 0.3 is 0 Å². The first kappa shape index (κ1) is 12.5.